The smallest absolute Gasteiger partial charge is 0.160 e. The van der Waals surface area contributed by atoms with Crippen LogP contribution < -0.4 is 15.5 Å². The van der Waals surface area contributed by atoms with E-state index in [-0.39, 0.29) is 0 Å². The second-order valence-corrected chi connectivity index (χ2v) is 9.00. The van der Waals surface area contributed by atoms with Crippen molar-refractivity contribution >= 4 is 34.9 Å². The Hall–Kier alpha value is -3.20. The number of fused-ring (bicyclic) bond motifs is 2. The normalized spacial score (nSPS) is 23.3. The maximum Gasteiger partial charge on any atom is 0.160 e. The molecule has 3 aromatic heterocycles. The van der Waals surface area contributed by atoms with E-state index >= 15 is 0 Å². The van der Waals surface area contributed by atoms with E-state index in [9.17, 15) is 0 Å². The molecule has 0 bridgehead atoms. The fourth-order valence-electron chi connectivity index (χ4n) is 4.71. The molecule has 166 valence electrons. The van der Waals surface area contributed by atoms with Crippen molar-refractivity contribution in [2.45, 2.75) is 44.2 Å². The predicted molar refractivity (Wildman–Crippen MR) is 125 cm³/mol. The molecule has 0 aliphatic carbocycles. The summed E-state index contributed by atoms with van der Waals surface area (Å²) in [6.07, 6.45) is 9.87. The van der Waals surface area contributed by atoms with Gasteiger partial charge in [-0.1, -0.05) is 0 Å². The summed E-state index contributed by atoms with van der Waals surface area (Å²) in [5.41, 5.74) is 2.98. The van der Waals surface area contributed by atoms with E-state index in [1.807, 2.05) is 16.8 Å². The Balaban J connectivity index is 1.40. The van der Waals surface area contributed by atoms with Crippen LogP contribution in [-0.4, -0.2) is 58.1 Å². The van der Waals surface area contributed by atoms with Crippen LogP contribution in [0.25, 0.3) is 5.65 Å². The van der Waals surface area contributed by atoms with E-state index in [0.717, 1.165) is 73.5 Å². The predicted octanol–water partition coefficient (Wildman–Crippen LogP) is 3.36. The molecule has 32 heavy (non-hydrogen) atoms. The lowest BCUT2D eigenvalue weighted by molar-refractivity contribution is 0.0903. The summed E-state index contributed by atoms with van der Waals surface area (Å²) in [6, 6.07) is 6.54. The van der Waals surface area contributed by atoms with Crippen molar-refractivity contribution in [2.24, 2.45) is 4.99 Å². The Morgan fingerprint density at radius 1 is 1.19 bits per heavy atom. The number of anilines is 3. The van der Waals surface area contributed by atoms with Gasteiger partial charge < -0.3 is 20.3 Å². The Bertz CT molecular complexity index is 1160. The number of aliphatic imine (C=N–C) groups is 1. The minimum atomic E-state index is -0.536. The summed E-state index contributed by atoms with van der Waals surface area (Å²) in [6.45, 7) is 5.79. The van der Waals surface area contributed by atoms with Gasteiger partial charge in [-0.2, -0.15) is 9.61 Å². The fraction of sp³-hybridized carbons (Fsp3) is 0.478. The highest BCUT2D eigenvalue weighted by molar-refractivity contribution is 5.87. The molecule has 6 heterocycles. The quantitative estimate of drug-likeness (QED) is 0.653. The number of ether oxygens (including phenoxy) is 1. The summed E-state index contributed by atoms with van der Waals surface area (Å²) < 4.78 is 7.48. The molecule has 3 aliphatic rings. The van der Waals surface area contributed by atoms with Gasteiger partial charge >= 0.3 is 0 Å². The van der Waals surface area contributed by atoms with Gasteiger partial charge in [0.25, 0.3) is 0 Å². The molecule has 1 unspecified atom stereocenters. The first kappa shape index (κ1) is 19.5. The van der Waals surface area contributed by atoms with Crippen LogP contribution in [0.1, 0.15) is 38.3 Å². The van der Waals surface area contributed by atoms with Crippen LogP contribution in [0, 0.1) is 0 Å². The van der Waals surface area contributed by atoms with Crippen LogP contribution in [0.15, 0.2) is 35.6 Å². The zero-order valence-electron chi connectivity index (χ0n) is 18.3. The lowest BCUT2D eigenvalue weighted by Crippen LogP contribution is -2.36. The molecule has 0 saturated carbocycles. The zero-order chi connectivity index (χ0) is 21.5. The minimum Gasteiger partial charge on any atom is -0.381 e. The monoisotopic (exact) mass is 432 g/mol. The Labute approximate surface area is 186 Å². The maximum atomic E-state index is 5.55. The van der Waals surface area contributed by atoms with Gasteiger partial charge in [0.15, 0.2) is 5.65 Å². The number of hydrogen-bond acceptors (Lipinski definition) is 8. The van der Waals surface area contributed by atoms with Crippen LogP contribution in [-0.2, 0) is 10.3 Å². The Morgan fingerprint density at radius 2 is 2.03 bits per heavy atom. The van der Waals surface area contributed by atoms with Gasteiger partial charge in [-0.15, -0.1) is 0 Å². The van der Waals surface area contributed by atoms with Gasteiger partial charge in [-0.3, -0.25) is 9.98 Å². The third kappa shape index (κ3) is 3.46. The van der Waals surface area contributed by atoms with Crippen LogP contribution in [0.4, 0.5) is 23.0 Å². The van der Waals surface area contributed by atoms with Gasteiger partial charge in [0.05, 0.1) is 17.6 Å². The average Bonchev–Trinajstić information content (AvgIpc) is 3.50. The molecule has 0 aromatic carbocycles. The van der Waals surface area contributed by atoms with Gasteiger partial charge in [0, 0.05) is 56.9 Å². The molecular weight excluding hydrogens is 404 g/mol. The third-order valence-corrected chi connectivity index (χ3v) is 6.61. The third-order valence-electron chi connectivity index (χ3n) is 6.61. The SMILES string of the molecule is CC1(c2cc3nc(N4CCCC4)cc(NC4CCOCC4)n3n2)C=Nc2cnccc2N1. The van der Waals surface area contributed by atoms with Crippen molar-refractivity contribution in [3.8, 4) is 0 Å². The van der Waals surface area contributed by atoms with Crippen LogP contribution in [0.2, 0.25) is 0 Å². The highest BCUT2D eigenvalue weighted by atomic mass is 16.5. The van der Waals surface area contributed by atoms with Crippen molar-refractivity contribution in [1.82, 2.24) is 19.6 Å². The van der Waals surface area contributed by atoms with Crippen LogP contribution >= 0.6 is 0 Å². The van der Waals surface area contributed by atoms with E-state index in [2.05, 4.69) is 44.6 Å². The lowest BCUT2D eigenvalue weighted by atomic mass is 9.97. The molecule has 0 radical (unpaired) electrons. The second kappa shape index (κ2) is 7.74. The summed E-state index contributed by atoms with van der Waals surface area (Å²) in [5.74, 6) is 2.00. The molecule has 0 spiro atoms. The first-order chi connectivity index (χ1) is 15.7. The Kier molecular flexibility index (Phi) is 4.71. The van der Waals surface area contributed by atoms with E-state index in [0.29, 0.717) is 6.04 Å². The van der Waals surface area contributed by atoms with Crippen molar-refractivity contribution in [3.63, 3.8) is 0 Å². The molecule has 9 nitrogen and oxygen atoms in total. The van der Waals surface area contributed by atoms with Crippen molar-refractivity contribution in [2.75, 3.05) is 41.8 Å². The largest absolute Gasteiger partial charge is 0.381 e. The van der Waals surface area contributed by atoms with Gasteiger partial charge in [-0.05, 0) is 38.7 Å². The van der Waals surface area contributed by atoms with E-state index < -0.39 is 5.54 Å². The van der Waals surface area contributed by atoms with E-state index in [4.69, 9.17) is 14.8 Å². The number of nitrogens with one attached hydrogen (secondary N) is 2. The van der Waals surface area contributed by atoms with Crippen molar-refractivity contribution in [3.05, 3.63) is 36.3 Å². The summed E-state index contributed by atoms with van der Waals surface area (Å²) in [7, 11) is 0. The van der Waals surface area contributed by atoms with E-state index in [1.165, 1.54) is 12.8 Å². The molecular formula is C23H28N8O. The van der Waals surface area contributed by atoms with Crippen LogP contribution in [0.5, 0.6) is 0 Å². The fourth-order valence-corrected chi connectivity index (χ4v) is 4.71. The van der Waals surface area contributed by atoms with Crippen LogP contribution in [0.3, 0.4) is 0 Å². The van der Waals surface area contributed by atoms with Gasteiger partial charge in [0.2, 0.25) is 0 Å². The molecule has 3 aromatic rings. The number of aromatic nitrogens is 4. The Morgan fingerprint density at radius 3 is 2.88 bits per heavy atom. The number of pyridine rings is 1. The van der Waals surface area contributed by atoms with Crippen molar-refractivity contribution < 1.29 is 4.74 Å². The molecule has 2 N–H and O–H groups in total. The first-order valence-electron chi connectivity index (χ1n) is 11.5. The van der Waals surface area contributed by atoms with Crippen molar-refractivity contribution in [1.29, 1.82) is 0 Å². The number of rotatable bonds is 4. The number of nitrogens with zero attached hydrogens (tertiary/aromatic N) is 6. The molecule has 2 fully saturated rings. The minimum absolute atomic E-state index is 0.373. The molecule has 6 rings (SSSR count). The summed E-state index contributed by atoms with van der Waals surface area (Å²) >= 11 is 0. The first-order valence-corrected chi connectivity index (χ1v) is 11.5. The second-order valence-electron chi connectivity index (χ2n) is 9.00. The average molecular weight is 433 g/mol. The molecule has 9 heteroatoms. The summed E-state index contributed by atoms with van der Waals surface area (Å²) in [5, 5.41) is 12.3. The molecule has 1 atom stereocenters. The lowest BCUT2D eigenvalue weighted by Gasteiger charge is -2.29. The van der Waals surface area contributed by atoms with Gasteiger partial charge in [0.1, 0.15) is 22.9 Å². The summed E-state index contributed by atoms with van der Waals surface area (Å²) in [4.78, 5) is 16.1. The maximum absolute atomic E-state index is 5.55. The molecule has 0 amide bonds. The topological polar surface area (TPSA) is 92.0 Å². The zero-order valence-corrected chi connectivity index (χ0v) is 18.3. The van der Waals surface area contributed by atoms with E-state index in [1.54, 1.807) is 12.4 Å². The number of hydrogen-bond donors (Lipinski definition) is 2. The highest BCUT2D eigenvalue weighted by Gasteiger charge is 2.32. The molecule has 2 saturated heterocycles. The van der Waals surface area contributed by atoms with Gasteiger partial charge in [-0.25, -0.2) is 4.98 Å². The highest BCUT2D eigenvalue weighted by Crippen LogP contribution is 2.35. The molecule has 3 aliphatic heterocycles. The standard InChI is InChI=1S/C23H28N8O/c1-23(15-25-18-14-24-7-4-17(18)28-23)19-12-21-27-20(30-8-2-3-9-30)13-22(31(21)29-19)26-16-5-10-32-11-6-16/h4,7,12-16,26,28H,2-3,5-6,8-11H2,1H3.